The van der Waals surface area contributed by atoms with Crippen molar-refractivity contribution in [2.24, 2.45) is 0 Å². The van der Waals surface area contributed by atoms with Gasteiger partial charge in [0.05, 0.1) is 21.5 Å². The Hall–Kier alpha value is -1.33. The predicted octanol–water partition coefficient (Wildman–Crippen LogP) is 5.39. The zero-order chi connectivity index (χ0) is 16.4. The number of thiocarbonyl (C=S) groups is 1. The zero-order valence-corrected chi connectivity index (χ0v) is 15.0. The van der Waals surface area contributed by atoms with Crippen molar-refractivity contribution in [1.29, 1.82) is 0 Å². The van der Waals surface area contributed by atoms with Crippen LogP contribution in [0.1, 0.15) is 11.1 Å². The van der Waals surface area contributed by atoms with Crippen molar-refractivity contribution in [3.63, 3.8) is 0 Å². The maximum Gasteiger partial charge on any atom is 0.266 e. The van der Waals surface area contributed by atoms with Crippen molar-refractivity contribution >= 4 is 63.5 Å². The molecule has 1 aliphatic rings. The van der Waals surface area contributed by atoms with E-state index in [1.165, 1.54) is 11.8 Å². The molecule has 0 bridgehead atoms. The van der Waals surface area contributed by atoms with Crippen LogP contribution in [-0.4, -0.2) is 15.1 Å². The van der Waals surface area contributed by atoms with Gasteiger partial charge < -0.3 is 0 Å². The molecule has 0 saturated carbocycles. The maximum atomic E-state index is 12.6. The number of hydrogen-bond donors (Lipinski definition) is 0. The first kappa shape index (κ1) is 16.5. The number of benzene rings is 2. The van der Waals surface area contributed by atoms with Gasteiger partial charge in [-0.25, -0.2) is 0 Å². The number of hydrogen-bond acceptors (Lipinski definition) is 3. The Labute approximate surface area is 154 Å². The molecule has 0 aliphatic carbocycles. The van der Waals surface area contributed by atoms with Gasteiger partial charge in [0.2, 0.25) is 0 Å². The molecular formula is C17H11Cl2NOS2. The lowest BCUT2D eigenvalue weighted by Crippen LogP contribution is -2.27. The van der Waals surface area contributed by atoms with E-state index in [1.807, 2.05) is 36.4 Å². The summed E-state index contributed by atoms with van der Waals surface area (Å²) in [7, 11) is 0. The lowest BCUT2D eigenvalue weighted by molar-refractivity contribution is -0.122. The number of carbonyl (C=O) groups excluding carboxylic acids is 1. The molecule has 0 radical (unpaired) electrons. The molecule has 0 spiro atoms. The monoisotopic (exact) mass is 379 g/mol. The first-order chi connectivity index (χ1) is 11.1. The zero-order valence-electron chi connectivity index (χ0n) is 11.8. The van der Waals surface area contributed by atoms with E-state index >= 15 is 0 Å². The van der Waals surface area contributed by atoms with Crippen LogP contribution < -0.4 is 0 Å². The lowest BCUT2D eigenvalue weighted by atomic mass is 10.2. The van der Waals surface area contributed by atoms with E-state index in [0.29, 0.717) is 31.4 Å². The highest BCUT2D eigenvalue weighted by molar-refractivity contribution is 8.26. The normalized spacial score (nSPS) is 16.4. The fraction of sp³-hybridized carbons (Fsp3) is 0.0588. The van der Waals surface area contributed by atoms with Crippen LogP contribution in [0.4, 0.5) is 0 Å². The number of carbonyl (C=O) groups is 1. The van der Waals surface area contributed by atoms with Gasteiger partial charge in [0.1, 0.15) is 4.32 Å². The third kappa shape index (κ3) is 3.61. The van der Waals surface area contributed by atoms with Gasteiger partial charge in [-0.15, -0.1) is 0 Å². The molecule has 0 atom stereocenters. The molecule has 0 aromatic heterocycles. The molecule has 116 valence electrons. The number of amides is 1. The van der Waals surface area contributed by atoms with Gasteiger partial charge in [-0.2, -0.15) is 0 Å². The predicted molar refractivity (Wildman–Crippen MR) is 102 cm³/mol. The van der Waals surface area contributed by atoms with Crippen LogP contribution in [0.2, 0.25) is 10.0 Å². The molecule has 23 heavy (non-hydrogen) atoms. The van der Waals surface area contributed by atoms with Crippen LogP contribution >= 0.6 is 47.2 Å². The second-order valence-corrected chi connectivity index (χ2v) is 7.36. The lowest BCUT2D eigenvalue weighted by Gasteiger charge is -2.14. The van der Waals surface area contributed by atoms with Crippen LogP contribution in [0.3, 0.4) is 0 Å². The van der Waals surface area contributed by atoms with Gasteiger partial charge in [0.15, 0.2) is 0 Å². The Morgan fingerprint density at radius 3 is 2.57 bits per heavy atom. The molecule has 2 nitrogen and oxygen atoms in total. The highest BCUT2D eigenvalue weighted by Gasteiger charge is 2.32. The average Bonchev–Trinajstić information content (AvgIpc) is 2.80. The minimum atomic E-state index is -0.111. The molecule has 1 aliphatic heterocycles. The maximum absolute atomic E-state index is 12.6. The fourth-order valence-corrected chi connectivity index (χ4v) is 3.78. The number of halogens is 2. The van der Waals surface area contributed by atoms with E-state index in [2.05, 4.69) is 0 Å². The molecular weight excluding hydrogens is 369 g/mol. The van der Waals surface area contributed by atoms with Crippen LogP contribution in [0.25, 0.3) is 6.08 Å². The smallest absolute Gasteiger partial charge is 0.266 e. The average molecular weight is 380 g/mol. The molecule has 1 heterocycles. The van der Waals surface area contributed by atoms with Crippen molar-refractivity contribution in [3.05, 3.63) is 74.6 Å². The minimum Gasteiger partial charge on any atom is -0.288 e. The molecule has 1 fully saturated rings. The number of nitrogens with zero attached hydrogens (tertiary/aromatic N) is 1. The summed E-state index contributed by atoms with van der Waals surface area (Å²) in [6, 6.07) is 15.1. The minimum absolute atomic E-state index is 0.111. The van der Waals surface area contributed by atoms with E-state index < -0.39 is 0 Å². The molecule has 6 heteroatoms. The highest BCUT2D eigenvalue weighted by Crippen LogP contribution is 2.35. The molecule has 2 aromatic rings. The van der Waals surface area contributed by atoms with E-state index in [-0.39, 0.29) is 5.91 Å². The van der Waals surface area contributed by atoms with Gasteiger partial charge in [0, 0.05) is 0 Å². The van der Waals surface area contributed by atoms with E-state index in [9.17, 15) is 4.79 Å². The summed E-state index contributed by atoms with van der Waals surface area (Å²) >= 11 is 18.8. The Balaban J connectivity index is 1.86. The molecule has 0 N–H and O–H groups in total. The largest absolute Gasteiger partial charge is 0.288 e. The third-order valence-electron chi connectivity index (χ3n) is 3.33. The van der Waals surface area contributed by atoms with Gasteiger partial charge in [0.25, 0.3) is 5.91 Å². The summed E-state index contributed by atoms with van der Waals surface area (Å²) in [5.74, 6) is -0.111. The van der Waals surface area contributed by atoms with Gasteiger partial charge >= 0.3 is 0 Å². The Bertz CT molecular complexity index is 805. The summed E-state index contributed by atoms with van der Waals surface area (Å²) < 4.78 is 0.545. The topological polar surface area (TPSA) is 20.3 Å². The van der Waals surface area contributed by atoms with E-state index in [0.717, 1.165) is 5.56 Å². The first-order valence-corrected chi connectivity index (χ1v) is 8.77. The fourth-order valence-electron chi connectivity index (χ4n) is 2.18. The van der Waals surface area contributed by atoms with Crippen LogP contribution in [-0.2, 0) is 11.3 Å². The number of rotatable bonds is 3. The van der Waals surface area contributed by atoms with Gasteiger partial charge in [-0.3, -0.25) is 9.69 Å². The van der Waals surface area contributed by atoms with Crippen molar-refractivity contribution in [2.75, 3.05) is 0 Å². The second-order valence-electron chi connectivity index (χ2n) is 4.90. The van der Waals surface area contributed by atoms with Crippen molar-refractivity contribution < 1.29 is 4.79 Å². The van der Waals surface area contributed by atoms with E-state index in [4.69, 9.17) is 35.4 Å². The molecule has 0 unspecified atom stereocenters. The molecule has 1 amide bonds. The van der Waals surface area contributed by atoms with Gasteiger partial charge in [-0.1, -0.05) is 89.6 Å². The summed E-state index contributed by atoms with van der Waals surface area (Å²) in [5, 5.41) is 0.891. The third-order valence-corrected chi connectivity index (χ3v) is 5.54. The van der Waals surface area contributed by atoms with Crippen LogP contribution in [0, 0.1) is 0 Å². The quantitative estimate of drug-likeness (QED) is 0.526. The highest BCUT2D eigenvalue weighted by atomic mass is 35.5. The van der Waals surface area contributed by atoms with Crippen molar-refractivity contribution in [3.8, 4) is 0 Å². The van der Waals surface area contributed by atoms with Crippen LogP contribution in [0.15, 0.2) is 53.4 Å². The SMILES string of the molecule is O=C1/C(=C\c2cccc(Cl)c2Cl)SC(=S)N1Cc1ccccc1. The molecule has 1 saturated heterocycles. The standard InChI is InChI=1S/C17H11Cl2NOS2/c18-13-8-4-7-12(15(13)19)9-14-16(21)20(17(22)23-14)10-11-5-2-1-3-6-11/h1-9H,10H2/b14-9+. The summed E-state index contributed by atoms with van der Waals surface area (Å²) in [4.78, 5) is 14.7. The summed E-state index contributed by atoms with van der Waals surface area (Å²) in [6.45, 7) is 0.464. The van der Waals surface area contributed by atoms with Crippen molar-refractivity contribution in [1.82, 2.24) is 4.90 Å². The molecule has 3 rings (SSSR count). The summed E-state index contributed by atoms with van der Waals surface area (Å²) in [6.07, 6.45) is 1.73. The number of thioether (sulfide) groups is 1. The Morgan fingerprint density at radius 1 is 1.09 bits per heavy atom. The summed E-state index contributed by atoms with van der Waals surface area (Å²) in [5.41, 5.74) is 1.74. The van der Waals surface area contributed by atoms with Crippen LogP contribution in [0.5, 0.6) is 0 Å². The molecule has 2 aromatic carbocycles. The Kier molecular flexibility index (Phi) is 5.07. The van der Waals surface area contributed by atoms with E-state index in [1.54, 1.807) is 23.1 Å². The second kappa shape index (κ2) is 7.05. The van der Waals surface area contributed by atoms with Gasteiger partial charge in [-0.05, 0) is 23.3 Å². The Morgan fingerprint density at radius 2 is 1.83 bits per heavy atom. The van der Waals surface area contributed by atoms with Crippen molar-refractivity contribution in [2.45, 2.75) is 6.54 Å². The first-order valence-electron chi connectivity index (χ1n) is 6.79.